The highest BCUT2D eigenvalue weighted by atomic mass is 19.1. The molecule has 0 saturated heterocycles. The molecule has 0 saturated carbocycles. The van der Waals surface area contributed by atoms with Gasteiger partial charge in [-0.05, 0) is 17.7 Å². The van der Waals surface area contributed by atoms with E-state index in [0.29, 0.717) is 5.56 Å². The van der Waals surface area contributed by atoms with Crippen molar-refractivity contribution in [3.05, 3.63) is 35.6 Å². The summed E-state index contributed by atoms with van der Waals surface area (Å²) in [7, 11) is 2.11. The number of carbonyl (C=O) groups is 5. The second-order valence-corrected chi connectivity index (χ2v) is 6.86. The molecule has 0 fully saturated rings. The number of nitrogens with one attached hydrogen (secondary N) is 2. The normalized spacial score (nSPS) is 13.5. The molecule has 0 aliphatic heterocycles. The maximum atomic E-state index is 13.1. The van der Waals surface area contributed by atoms with Gasteiger partial charge in [-0.1, -0.05) is 19.1 Å². The van der Waals surface area contributed by atoms with Crippen LogP contribution in [0.1, 0.15) is 19.4 Å². The van der Waals surface area contributed by atoms with Crippen molar-refractivity contribution in [3.63, 3.8) is 0 Å². The number of nitrogens with two attached hydrogens (primary N) is 1. The van der Waals surface area contributed by atoms with Gasteiger partial charge in [0.25, 0.3) is 0 Å². The zero-order valence-corrected chi connectivity index (χ0v) is 17.6. The first-order valence-corrected chi connectivity index (χ1v) is 9.28. The minimum absolute atomic E-state index is 0.0109. The molecule has 10 nitrogen and oxygen atoms in total. The molecule has 0 spiro atoms. The van der Waals surface area contributed by atoms with Crippen LogP contribution in [-0.2, 0) is 39.9 Å². The highest BCUT2D eigenvalue weighted by Crippen LogP contribution is 2.20. The molecular formula is C20H26FN3O7. The van der Waals surface area contributed by atoms with Crippen LogP contribution in [0.5, 0.6) is 0 Å². The van der Waals surface area contributed by atoms with E-state index in [1.807, 2.05) is 0 Å². The van der Waals surface area contributed by atoms with Gasteiger partial charge in [0.05, 0.1) is 14.2 Å². The van der Waals surface area contributed by atoms with Crippen LogP contribution in [0, 0.1) is 17.7 Å². The van der Waals surface area contributed by atoms with Crippen molar-refractivity contribution in [3.8, 4) is 0 Å². The van der Waals surface area contributed by atoms with E-state index >= 15 is 0 Å². The number of benzene rings is 1. The summed E-state index contributed by atoms with van der Waals surface area (Å²) in [6.07, 6.45) is -0.0109. The molecule has 3 atom stereocenters. The van der Waals surface area contributed by atoms with E-state index in [1.54, 1.807) is 0 Å². The van der Waals surface area contributed by atoms with E-state index in [9.17, 15) is 28.4 Å². The molecule has 3 amide bonds. The van der Waals surface area contributed by atoms with E-state index in [4.69, 9.17) is 5.73 Å². The van der Waals surface area contributed by atoms with Crippen LogP contribution in [0.4, 0.5) is 4.39 Å². The lowest BCUT2D eigenvalue weighted by molar-refractivity contribution is -0.162. The first-order chi connectivity index (χ1) is 14.5. The van der Waals surface area contributed by atoms with Gasteiger partial charge in [0, 0.05) is 19.3 Å². The lowest BCUT2D eigenvalue weighted by Gasteiger charge is -2.28. The Bertz CT molecular complexity index is 813. The fraction of sp³-hybridized carbons (Fsp3) is 0.450. The number of hydrogen-bond acceptors (Lipinski definition) is 7. The average Bonchev–Trinajstić information content (AvgIpc) is 2.71. The van der Waals surface area contributed by atoms with Crippen LogP contribution in [-0.4, -0.2) is 56.0 Å². The van der Waals surface area contributed by atoms with E-state index in [2.05, 4.69) is 20.1 Å². The van der Waals surface area contributed by atoms with Crippen molar-refractivity contribution in [2.24, 2.45) is 17.6 Å². The van der Waals surface area contributed by atoms with Crippen molar-refractivity contribution in [1.82, 2.24) is 10.6 Å². The molecule has 0 radical (unpaired) electrons. The van der Waals surface area contributed by atoms with Gasteiger partial charge in [-0.15, -0.1) is 0 Å². The largest absolute Gasteiger partial charge is 0.468 e. The molecule has 4 N–H and O–H groups in total. The predicted octanol–water partition coefficient (Wildman–Crippen LogP) is -0.559. The molecule has 0 aromatic heterocycles. The van der Waals surface area contributed by atoms with Crippen molar-refractivity contribution in [1.29, 1.82) is 0 Å². The molecule has 0 unspecified atom stereocenters. The Labute approximate surface area is 178 Å². The quantitative estimate of drug-likeness (QED) is 0.326. The zero-order chi connectivity index (χ0) is 23.7. The lowest BCUT2D eigenvalue weighted by atomic mass is 9.86. The third kappa shape index (κ3) is 7.36. The molecule has 1 aromatic rings. The molecular weight excluding hydrogens is 413 g/mol. The number of amides is 3. The summed E-state index contributed by atoms with van der Waals surface area (Å²) in [4.78, 5) is 60.5. The Morgan fingerprint density at radius 2 is 1.52 bits per heavy atom. The molecule has 0 aliphatic carbocycles. The maximum Gasteiger partial charge on any atom is 0.320 e. The topological polar surface area (TPSA) is 154 Å². The molecule has 1 aromatic carbocycles. The number of esters is 2. The molecule has 0 bridgehead atoms. The van der Waals surface area contributed by atoms with Gasteiger partial charge >= 0.3 is 11.9 Å². The Morgan fingerprint density at radius 3 is 1.94 bits per heavy atom. The Kier molecular flexibility index (Phi) is 9.58. The number of primary amides is 1. The summed E-state index contributed by atoms with van der Waals surface area (Å²) >= 11 is 0. The predicted molar refractivity (Wildman–Crippen MR) is 106 cm³/mol. The van der Waals surface area contributed by atoms with Gasteiger partial charge in [0.15, 0.2) is 5.92 Å². The number of carbonyl (C=O) groups excluding carboxylic acids is 5. The lowest BCUT2D eigenvalue weighted by Crippen LogP contribution is -2.57. The van der Waals surface area contributed by atoms with Crippen LogP contribution < -0.4 is 16.4 Å². The van der Waals surface area contributed by atoms with E-state index in [-0.39, 0.29) is 6.42 Å². The van der Waals surface area contributed by atoms with Gasteiger partial charge < -0.3 is 25.8 Å². The third-order valence-electron chi connectivity index (χ3n) is 4.61. The van der Waals surface area contributed by atoms with E-state index in [0.717, 1.165) is 14.2 Å². The second-order valence-electron chi connectivity index (χ2n) is 6.86. The smallest absolute Gasteiger partial charge is 0.320 e. The Hall–Kier alpha value is -3.50. The average molecular weight is 439 g/mol. The summed E-state index contributed by atoms with van der Waals surface area (Å²) in [5.41, 5.74) is 5.93. The Balaban J connectivity index is 3.12. The van der Waals surface area contributed by atoms with Crippen LogP contribution >= 0.6 is 0 Å². The summed E-state index contributed by atoms with van der Waals surface area (Å²) in [6.45, 7) is 2.55. The summed E-state index contributed by atoms with van der Waals surface area (Å²) < 4.78 is 22.3. The third-order valence-corrected chi connectivity index (χ3v) is 4.61. The van der Waals surface area contributed by atoms with Gasteiger partial charge in [0.1, 0.15) is 17.9 Å². The summed E-state index contributed by atoms with van der Waals surface area (Å²) in [5, 5.41) is 4.82. The number of rotatable bonds is 10. The van der Waals surface area contributed by atoms with Crippen LogP contribution in [0.3, 0.4) is 0 Å². The maximum absolute atomic E-state index is 13.1. The number of hydrogen-bond donors (Lipinski definition) is 3. The first-order valence-electron chi connectivity index (χ1n) is 9.28. The highest BCUT2D eigenvalue weighted by Gasteiger charge is 2.41. The van der Waals surface area contributed by atoms with Crippen LogP contribution in [0.2, 0.25) is 0 Å². The summed E-state index contributed by atoms with van der Waals surface area (Å²) in [6, 6.07) is 2.69. The van der Waals surface area contributed by atoms with Crippen LogP contribution in [0.15, 0.2) is 24.3 Å². The van der Waals surface area contributed by atoms with Crippen molar-refractivity contribution in [2.45, 2.75) is 32.4 Å². The molecule has 170 valence electrons. The zero-order valence-electron chi connectivity index (χ0n) is 17.6. The molecule has 1 rings (SSSR count). The van der Waals surface area contributed by atoms with Crippen molar-refractivity contribution in [2.75, 3.05) is 14.2 Å². The minimum atomic E-state index is -1.52. The standard InChI is InChI=1S/C20H26FN3O7/c1-10(15(19(28)30-3)20(29)31-4)16(17(22)26)24-18(27)14(23-11(2)25)9-12-5-7-13(21)8-6-12/h5-8,10,14-16H,9H2,1-4H3,(H2,22,26)(H,23,25)(H,24,27)/t10-,14-,16-/m1/s1. The minimum Gasteiger partial charge on any atom is -0.468 e. The van der Waals surface area contributed by atoms with Gasteiger partial charge in [-0.2, -0.15) is 0 Å². The van der Waals surface area contributed by atoms with Crippen molar-refractivity contribution >= 4 is 29.7 Å². The van der Waals surface area contributed by atoms with Gasteiger partial charge in [-0.25, -0.2) is 4.39 Å². The fourth-order valence-electron chi connectivity index (χ4n) is 3.00. The first kappa shape index (κ1) is 25.5. The highest BCUT2D eigenvalue weighted by molar-refractivity contribution is 5.97. The molecule has 31 heavy (non-hydrogen) atoms. The Morgan fingerprint density at radius 1 is 1.00 bits per heavy atom. The van der Waals surface area contributed by atoms with Crippen LogP contribution in [0.25, 0.3) is 0 Å². The molecule has 0 aliphatic rings. The van der Waals surface area contributed by atoms with Gasteiger partial charge in [0.2, 0.25) is 17.7 Å². The SMILES string of the molecule is COC(=O)C(C(=O)OC)[C@@H](C)[C@@H](NC(=O)[C@@H](Cc1ccc(F)cc1)NC(C)=O)C(N)=O. The fourth-order valence-corrected chi connectivity index (χ4v) is 3.00. The monoisotopic (exact) mass is 439 g/mol. The number of ether oxygens (including phenoxy) is 2. The van der Waals surface area contributed by atoms with Crippen molar-refractivity contribution < 1.29 is 37.8 Å². The van der Waals surface area contributed by atoms with E-state index in [1.165, 1.54) is 38.1 Å². The van der Waals surface area contributed by atoms with Gasteiger partial charge in [-0.3, -0.25) is 24.0 Å². The van der Waals surface area contributed by atoms with E-state index < -0.39 is 59.4 Å². The summed E-state index contributed by atoms with van der Waals surface area (Å²) in [5.74, 6) is -7.37. The number of halogens is 1. The molecule has 0 heterocycles. The molecule has 11 heteroatoms. The second kappa shape index (κ2) is 11.6. The number of methoxy groups -OCH3 is 2.